The van der Waals surface area contributed by atoms with E-state index < -0.39 is 0 Å². The number of amides is 2. The highest BCUT2D eigenvalue weighted by atomic mass is 19.1. The molecule has 2 aliphatic heterocycles. The smallest absolute Gasteiger partial charge is 0.228 e. The van der Waals surface area contributed by atoms with Gasteiger partial charge < -0.3 is 19.4 Å². The van der Waals surface area contributed by atoms with Gasteiger partial charge >= 0.3 is 0 Å². The van der Waals surface area contributed by atoms with Crippen molar-refractivity contribution in [1.29, 1.82) is 0 Å². The van der Waals surface area contributed by atoms with Crippen molar-refractivity contribution in [2.75, 3.05) is 45.2 Å². The molecule has 7 heteroatoms. The van der Waals surface area contributed by atoms with Gasteiger partial charge in [0.1, 0.15) is 11.6 Å². The van der Waals surface area contributed by atoms with E-state index in [0.717, 1.165) is 11.3 Å². The van der Waals surface area contributed by atoms with Crippen molar-refractivity contribution < 1.29 is 18.7 Å². The highest BCUT2D eigenvalue weighted by molar-refractivity contribution is 5.85. The minimum atomic E-state index is -0.302. The van der Waals surface area contributed by atoms with Crippen LogP contribution in [0.15, 0.2) is 48.5 Å². The van der Waals surface area contributed by atoms with Crippen molar-refractivity contribution >= 4 is 17.5 Å². The van der Waals surface area contributed by atoms with Gasteiger partial charge in [0.25, 0.3) is 0 Å². The lowest BCUT2D eigenvalue weighted by Gasteiger charge is -2.43. The zero-order chi connectivity index (χ0) is 22.0. The third-order valence-corrected chi connectivity index (χ3v) is 6.42. The third-order valence-electron chi connectivity index (χ3n) is 6.42. The van der Waals surface area contributed by atoms with E-state index in [4.69, 9.17) is 4.74 Å². The van der Waals surface area contributed by atoms with Crippen LogP contribution >= 0.6 is 0 Å². The Balaban J connectivity index is 1.49. The number of methoxy groups -OCH3 is 1. The summed E-state index contributed by atoms with van der Waals surface area (Å²) in [5.41, 5.74) is 1.51. The van der Waals surface area contributed by atoms with Crippen LogP contribution < -0.4 is 9.64 Å². The fourth-order valence-electron chi connectivity index (χ4n) is 4.66. The van der Waals surface area contributed by atoms with Gasteiger partial charge in [0.2, 0.25) is 11.8 Å². The molecule has 2 saturated heterocycles. The lowest BCUT2D eigenvalue weighted by molar-refractivity contribution is -0.146. The van der Waals surface area contributed by atoms with Crippen LogP contribution in [0.5, 0.6) is 5.75 Å². The monoisotopic (exact) mass is 425 g/mol. The van der Waals surface area contributed by atoms with E-state index in [1.54, 1.807) is 31.2 Å². The minimum absolute atomic E-state index is 0.0502. The lowest BCUT2D eigenvalue weighted by Crippen LogP contribution is -2.53. The molecular formula is C24H28FN3O3. The van der Waals surface area contributed by atoms with Crippen LogP contribution in [-0.4, -0.2) is 62.0 Å². The summed E-state index contributed by atoms with van der Waals surface area (Å²) >= 11 is 0. The van der Waals surface area contributed by atoms with E-state index in [1.807, 2.05) is 40.1 Å². The largest absolute Gasteiger partial charge is 0.497 e. The van der Waals surface area contributed by atoms with Gasteiger partial charge in [-0.3, -0.25) is 9.59 Å². The Morgan fingerprint density at radius 3 is 2.35 bits per heavy atom. The molecule has 4 rings (SSSR count). The second-order valence-corrected chi connectivity index (χ2v) is 8.13. The molecule has 0 bridgehead atoms. The maximum absolute atomic E-state index is 14.1. The molecule has 0 spiro atoms. The number of halogens is 1. The van der Waals surface area contributed by atoms with Crippen LogP contribution in [0.3, 0.4) is 0 Å². The normalized spacial score (nSPS) is 21.9. The molecule has 2 aliphatic rings. The van der Waals surface area contributed by atoms with E-state index in [-0.39, 0.29) is 29.6 Å². The summed E-state index contributed by atoms with van der Waals surface area (Å²) in [5, 5.41) is 0. The zero-order valence-corrected chi connectivity index (χ0v) is 18.0. The van der Waals surface area contributed by atoms with Crippen LogP contribution in [0.4, 0.5) is 10.1 Å². The van der Waals surface area contributed by atoms with Crippen molar-refractivity contribution in [1.82, 2.24) is 9.80 Å². The summed E-state index contributed by atoms with van der Waals surface area (Å²) in [7, 11) is 3.38. The Hall–Kier alpha value is -3.09. The summed E-state index contributed by atoms with van der Waals surface area (Å²) in [5.74, 6) is 0.314. The first-order valence-electron chi connectivity index (χ1n) is 10.7. The van der Waals surface area contributed by atoms with Crippen LogP contribution in [0.2, 0.25) is 0 Å². The molecule has 2 atom stereocenters. The average Bonchev–Trinajstić information content (AvgIpc) is 2.81. The van der Waals surface area contributed by atoms with E-state index in [2.05, 4.69) is 0 Å². The highest BCUT2D eigenvalue weighted by Gasteiger charge is 2.41. The summed E-state index contributed by atoms with van der Waals surface area (Å²) < 4.78 is 19.4. The van der Waals surface area contributed by atoms with Crippen LogP contribution in [0, 0.1) is 11.7 Å². The first-order valence-corrected chi connectivity index (χ1v) is 10.7. The second-order valence-electron chi connectivity index (χ2n) is 8.13. The number of carbonyl (C=O) groups is 2. The van der Waals surface area contributed by atoms with Crippen molar-refractivity contribution in [2.24, 2.45) is 5.92 Å². The molecule has 31 heavy (non-hydrogen) atoms. The van der Waals surface area contributed by atoms with Crippen LogP contribution in [0.1, 0.15) is 24.4 Å². The standard InChI is InChI=1S/C24H28FN3O3/c1-26-22(29)12-11-19(23(26)17-7-9-18(31-2)10-8-17)24(30)28-15-13-27(14-16-28)21-6-4-3-5-20(21)25/h3-10,19,23H,11-16H2,1-2H3/t19-,23-/m1/s1. The van der Waals surface area contributed by atoms with E-state index >= 15 is 0 Å². The molecule has 2 fully saturated rings. The SMILES string of the molecule is COc1ccc([C@@H]2[C@H](C(=O)N3CCN(c4ccccc4F)CC3)CCC(=O)N2C)cc1. The number of ether oxygens (including phenoxy) is 1. The molecule has 2 amide bonds. The maximum Gasteiger partial charge on any atom is 0.228 e. The number of carbonyl (C=O) groups excluding carboxylic acids is 2. The van der Waals surface area contributed by atoms with Gasteiger partial charge in [-0.25, -0.2) is 4.39 Å². The predicted molar refractivity (Wildman–Crippen MR) is 116 cm³/mol. The summed E-state index contributed by atoms with van der Waals surface area (Å²) in [6, 6.07) is 14.0. The Kier molecular flexibility index (Phi) is 6.11. The molecular weight excluding hydrogens is 397 g/mol. The maximum atomic E-state index is 14.1. The average molecular weight is 426 g/mol. The Morgan fingerprint density at radius 1 is 1.03 bits per heavy atom. The van der Waals surface area contributed by atoms with Gasteiger partial charge in [-0.15, -0.1) is 0 Å². The first-order chi connectivity index (χ1) is 15.0. The third kappa shape index (κ3) is 4.22. The number of piperidine rings is 1. The van der Waals surface area contributed by atoms with Gasteiger partial charge in [-0.1, -0.05) is 24.3 Å². The number of hydrogen-bond donors (Lipinski definition) is 0. The second kappa shape index (κ2) is 8.96. The van der Waals surface area contributed by atoms with Gasteiger partial charge in [0, 0.05) is 39.6 Å². The summed E-state index contributed by atoms with van der Waals surface area (Å²) in [4.78, 5) is 31.4. The molecule has 2 aromatic rings. The molecule has 0 N–H and O–H groups in total. The quantitative estimate of drug-likeness (QED) is 0.756. The van der Waals surface area contributed by atoms with Crippen molar-refractivity contribution in [3.63, 3.8) is 0 Å². The van der Waals surface area contributed by atoms with E-state index in [9.17, 15) is 14.0 Å². The number of likely N-dealkylation sites (tertiary alicyclic amines) is 1. The lowest BCUT2D eigenvalue weighted by atomic mass is 9.83. The summed E-state index contributed by atoms with van der Waals surface area (Å²) in [6.45, 7) is 2.25. The van der Waals surface area contributed by atoms with E-state index in [0.29, 0.717) is 44.7 Å². The van der Waals surface area contributed by atoms with Crippen molar-refractivity contribution in [2.45, 2.75) is 18.9 Å². The Bertz CT molecular complexity index is 941. The van der Waals surface area contributed by atoms with Gasteiger partial charge in [-0.05, 0) is 36.2 Å². The van der Waals surface area contributed by atoms with Crippen molar-refractivity contribution in [3.05, 3.63) is 59.9 Å². The van der Waals surface area contributed by atoms with Crippen LogP contribution in [-0.2, 0) is 9.59 Å². The topological polar surface area (TPSA) is 53.1 Å². The summed E-state index contributed by atoms with van der Waals surface area (Å²) in [6.07, 6.45) is 0.904. The molecule has 0 saturated carbocycles. The van der Waals surface area contributed by atoms with Gasteiger partial charge in [0.05, 0.1) is 24.8 Å². The number of piperazine rings is 1. The molecule has 0 aromatic heterocycles. The molecule has 2 heterocycles. The van der Waals surface area contributed by atoms with Gasteiger partial charge in [-0.2, -0.15) is 0 Å². The number of benzene rings is 2. The van der Waals surface area contributed by atoms with Crippen molar-refractivity contribution in [3.8, 4) is 5.75 Å². The Labute approximate surface area is 182 Å². The number of nitrogens with zero attached hydrogens (tertiary/aromatic N) is 3. The number of para-hydroxylation sites is 1. The minimum Gasteiger partial charge on any atom is -0.497 e. The fourth-order valence-corrected chi connectivity index (χ4v) is 4.66. The molecule has 0 radical (unpaired) electrons. The van der Waals surface area contributed by atoms with Gasteiger partial charge in [0.15, 0.2) is 0 Å². The van der Waals surface area contributed by atoms with E-state index in [1.165, 1.54) is 6.07 Å². The zero-order valence-electron chi connectivity index (χ0n) is 18.0. The number of anilines is 1. The van der Waals surface area contributed by atoms with Crippen LogP contribution in [0.25, 0.3) is 0 Å². The fraction of sp³-hybridized carbons (Fsp3) is 0.417. The number of hydrogen-bond acceptors (Lipinski definition) is 4. The predicted octanol–water partition coefficient (Wildman–Crippen LogP) is 3.09. The Morgan fingerprint density at radius 2 is 1.71 bits per heavy atom. The highest BCUT2D eigenvalue weighted by Crippen LogP contribution is 2.37. The molecule has 0 unspecified atom stereocenters. The first kappa shape index (κ1) is 21.2. The molecule has 164 valence electrons. The molecule has 6 nitrogen and oxygen atoms in total. The molecule has 0 aliphatic carbocycles. The molecule has 2 aromatic carbocycles. The number of rotatable bonds is 4.